The Morgan fingerprint density at radius 3 is 2.48 bits per heavy atom. The van der Waals surface area contributed by atoms with Gasteiger partial charge in [0, 0.05) is 24.7 Å². The standard InChI is InChI=1S/C15H21FN2O2S/c1-10-14(16)6-12(8-17)7-15(10)21(19,20)18(13-4-5-13)9-11-2-3-11/h6-7,11,13H,2-5,8-9,17H2,1H3. The Bertz CT molecular complexity index is 652. The summed E-state index contributed by atoms with van der Waals surface area (Å²) in [5, 5.41) is 0. The molecule has 0 heterocycles. The highest BCUT2D eigenvalue weighted by Crippen LogP contribution is 2.38. The molecule has 0 bridgehead atoms. The Morgan fingerprint density at radius 2 is 1.95 bits per heavy atom. The largest absolute Gasteiger partial charge is 0.326 e. The van der Waals surface area contributed by atoms with Crippen LogP contribution in [0.5, 0.6) is 0 Å². The van der Waals surface area contributed by atoms with Gasteiger partial charge in [-0.25, -0.2) is 12.8 Å². The predicted octanol–water partition coefficient (Wildman–Crippen LogP) is 2.16. The van der Waals surface area contributed by atoms with Crippen molar-refractivity contribution in [3.05, 3.63) is 29.1 Å². The third-order valence-corrected chi connectivity index (χ3v) is 6.31. The summed E-state index contributed by atoms with van der Waals surface area (Å²) in [5.74, 6) is -0.0260. The molecule has 0 aliphatic heterocycles. The molecule has 2 aliphatic carbocycles. The predicted molar refractivity (Wildman–Crippen MR) is 78.7 cm³/mol. The van der Waals surface area contributed by atoms with Gasteiger partial charge in [-0.05, 0) is 56.2 Å². The molecular formula is C15H21FN2O2S. The number of halogens is 1. The number of hydrogen-bond acceptors (Lipinski definition) is 3. The van der Waals surface area contributed by atoms with Gasteiger partial charge >= 0.3 is 0 Å². The van der Waals surface area contributed by atoms with Crippen LogP contribution < -0.4 is 5.73 Å². The number of benzene rings is 1. The summed E-state index contributed by atoms with van der Waals surface area (Å²) in [6, 6.07) is 2.94. The van der Waals surface area contributed by atoms with Crippen molar-refractivity contribution in [1.82, 2.24) is 4.31 Å². The molecule has 0 atom stereocenters. The fraction of sp³-hybridized carbons (Fsp3) is 0.600. The lowest BCUT2D eigenvalue weighted by atomic mass is 10.1. The first kappa shape index (κ1) is 14.9. The first-order valence-corrected chi connectivity index (χ1v) is 8.88. The van der Waals surface area contributed by atoms with Gasteiger partial charge in [-0.15, -0.1) is 0 Å². The minimum absolute atomic E-state index is 0.0792. The summed E-state index contributed by atoms with van der Waals surface area (Å²) < 4.78 is 41.4. The molecular weight excluding hydrogens is 291 g/mol. The highest BCUT2D eigenvalue weighted by molar-refractivity contribution is 7.89. The second-order valence-electron chi connectivity index (χ2n) is 6.15. The molecule has 0 spiro atoms. The SMILES string of the molecule is Cc1c(F)cc(CN)cc1S(=O)(=O)N(CC1CC1)C1CC1. The first-order chi connectivity index (χ1) is 9.93. The van der Waals surface area contributed by atoms with Crippen LogP contribution >= 0.6 is 0 Å². The maximum Gasteiger partial charge on any atom is 0.243 e. The van der Waals surface area contributed by atoms with Gasteiger partial charge in [0.2, 0.25) is 10.0 Å². The number of rotatable bonds is 6. The summed E-state index contributed by atoms with van der Waals surface area (Å²) in [7, 11) is -3.64. The molecule has 2 aliphatic rings. The smallest absolute Gasteiger partial charge is 0.243 e. The van der Waals surface area contributed by atoms with Crippen molar-refractivity contribution in [3.63, 3.8) is 0 Å². The van der Waals surface area contributed by atoms with E-state index < -0.39 is 15.8 Å². The van der Waals surface area contributed by atoms with Crippen molar-refractivity contribution in [2.24, 2.45) is 11.7 Å². The Labute approximate surface area is 125 Å². The zero-order valence-electron chi connectivity index (χ0n) is 12.2. The van der Waals surface area contributed by atoms with E-state index in [2.05, 4.69) is 0 Å². The summed E-state index contributed by atoms with van der Waals surface area (Å²) in [4.78, 5) is 0.0792. The Kier molecular flexibility index (Phi) is 3.80. The number of nitrogens with two attached hydrogens (primary N) is 1. The van der Waals surface area contributed by atoms with Crippen LogP contribution in [0.15, 0.2) is 17.0 Å². The van der Waals surface area contributed by atoms with E-state index in [0.29, 0.717) is 18.0 Å². The molecule has 1 aromatic carbocycles. The monoisotopic (exact) mass is 312 g/mol. The molecule has 1 aromatic rings. The van der Waals surface area contributed by atoms with E-state index in [4.69, 9.17) is 5.73 Å². The first-order valence-electron chi connectivity index (χ1n) is 7.44. The van der Waals surface area contributed by atoms with E-state index in [1.807, 2.05) is 0 Å². The van der Waals surface area contributed by atoms with Gasteiger partial charge in [-0.2, -0.15) is 4.31 Å². The highest BCUT2D eigenvalue weighted by atomic mass is 32.2. The second kappa shape index (κ2) is 5.34. The number of hydrogen-bond donors (Lipinski definition) is 1. The minimum Gasteiger partial charge on any atom is -0.326 e. The van der Waals surface area contributed by atoms with Gasteiger partial charge in [0.1, 0.15) is 5.82 Å². The molecule has 6 heteroatoms. The maximum atomic E-state index is 14.0. The number of sulfonamides is 1. The van der Waals surface area contributed by atoms with Crippen LogP contribution in [0.3, 0.4) is 0 Å². The van der Waals surface area contributed by atoms with E-state index in [-0.39, 0.29) is 23.0 Å². The zero-order valence-corrected chi connectivity index (χ0v) is 13.0. The van der Waals surface area contributed by atoms with E-state index in [1.54, 1.807) is 4.31 Å². The average molecular weight is 312 g/mol. The molecule has 2 saturated carbocycles. The second-order valence-corrected chi connectivity index (χ2v) is 8.01. The molecule has 0 amide bonds. The van der Waals surface area contributed by atoms with E-state index in [9.17, 15) is 12.8 Å². The lowest BCUT2D eigenvalue weighted by molar-refractivity contribution is 0.388. The van der Waals surface area contributed by atoms with Crippen molar-refractivity contribution in [3.8, 4) is 0 Å². The maximum absolute atomic E-state index is 14.0. The van der Waals surface area contributed by atoms with Crippen LogP contribution in [0.4, 0.5) is 4.39 Å². The van der Waals surface area contributed by atoms with Crippen LogP contribution in [-0.2, 0) is 16.6 Å². The van der Waals surface area contributed by atoms with Gasteiger partial charge in [0.05, 0.1) is 4.90 Å². The van der Waals surface area contributed by atoms with Crippen LogP contribution in [0.25, 0.3) is 0 Å². The highest BCUT2D eigenvalue weighted by Gasteiger charge is 2.41. The van der Waals surface area contributed by atoms with Crippen molar-refractivity contribution in [2.75, 3.05) is 6.54 Å². The molecule has 0 saturated heterocycles. The molecule has 3 rings (SSSR count). The zero-order chi connectivity index (χ0) is 15.2. The average Bonchev–Trinajstić information content (AvgIpc) is 3.31. The molecule has 2 N–H and O–H groups in total. The fourth-order valence-electron chi connectivity index (χ4n) is 2.58. The quantitative estimate of drug-likeness (QED) is 0.875. The lowest BCUT2D eigenvalue weighted by Gasteiger charge is -2.23. The summed E-state index contributed by atoms with van der Waals surface area (Å²) in [6.07, 6.45) is 4.00. The topological polar surface area (TPSA) is 63.4 Å². The van der Waals surface area contributed by atoms with Gasteiger partial charge in [0.15, 0.2) is 0 Å². The third kappa shape index (κ3) is 2.98. The van der Waals surface area contributed by atoms with E-state index >= 15 is 0 Å². The van der Waals surface area contributed by atoms with E-state index in [1.165, 1.54) is 19.1 Å². The van der Waals surface area contributed by atoms with Crippen molar-refractivity contribution >= 4 is 10.0 Å². The molecule has 2 fully saturated rings. The van der Waals surface area contributed by atoms with Crippen LogP contribution in [0.2, 0.25) is 0 Å². The Morgan fingerprint density at radius 1 is 1.29 bits per heavy atom. The van der Waals surface area contributed by atoms with Crippen LogP contribution in [0.1, 0.15) is 36.8 Å². The van der Waals surface area contributed by atoms with Gasteiger partial charge < -0.3 is 5.73 Å². The normalized spacial score (nSPS) is 19.2. The van der Waals surface area contributed by atoms with Crippen LogP contribution in [0, 0.1) is 18.7 Å². The van der Waals surface area contributed by atoms with Gasteiger partial charge in [-0.3, -0.25) is 0 Å². The van der Waals surface area contributed by atoms with Gasteiger partial charge in [0.25, 0.3) is 0 Å². The fourth-order valence-corrected chi connectivity index (χ4v) is 4.63. The number of nitrogens with zero attached hydrogens (tertiary/aromatic N) is 1. The summed E-state index contributed by atoms with van der Waals surface area (Å²) in [5.41, 5.74) is 6.25. The van der Waals surface area contributed by atoms with E-state index in [0.717, 1.165) is 25.7 Å². The molecule has 0 unspecified atom stereocenters. The molecule has 4 nitrogen and oxygen atoms in total. The van der Waals surface area contributed by atoms with Crippen LogP contribution in [-0.4, -0.2) is 25.3 Å². The molecule has 116 valence electrons. The van der Waals surface area contributed by atoms with Gasteiger partial charge in [-0.1, -0.05) is 0 Å². The summed E-state index contributed by atoms with van der Waals surface area (Å²) in [6.45, 7) is 2.22. The summed E-state index contributed by atoms with van der Waals surface area (Å²) >= 11 is 0. The molecule has 0 aromatic heterocycles. The minimum atomic E-state index is -3.64. The molecule has 21 heavy (non-hydrogen) atoms. The lowest BCUT2D eigenvalue weighted by Crippen LogP contribution is -2.35. The Balaban J connectivity index is 2.01. The molecule has 0 radical (unpaired) electrons. The van der Waals surface area contributed by atoms with Crippen molar-refractivity contribution in [1.29, 1.82) is 0 Å². The van der Waals surface area contributed by atoms with Crippen molar-refractivity contribution in [2.45, 2.75) is 50.1 Å². The third-order valence-electron chi connectivity index (χ3n) is 4.27. The van der Waals surface area contributed by atoms with Crippen molar-refractivity contribution < 1.29 is 12.8 Å². The Hall–Kier alpha value is -0.980.